The largest absolute Gasteiger partial charge is 0.453 e. The normalized spacial score (nSPS) is 16.9. The number of amides is 3. The number of fused-ring (bicyclic) bond motifs is 1. The molecule has 0 bridgehead atoms. The van der Waals surface area contributed by atoms with E-state index in [2.05, 4.69) is 15.3 Å². The van der Waals surface area contributed by atoms with E-state index >= 15 is 0 Å². The zero-order valence-corrected chi connectivity index (χ0v) is 24.7. The van der Waals surface area contributed by atoms with Gasteiger partial charge in [-0.2, -0.15) is 0 Å². The van der Waals surface area contributed by atoms with E-state index in [-0.39, 0.29) is 68.1 Å². The summed E-state index contributed by atoms with van der Waals surface area (Å²) in [5.74, 6) is -0.0847. The summed E-state index contributed by atoms with van der Waals surface area (Å²) in [5, 5.41) is 3.09. The lowest BCUT2D eigenvalue weighted by Gasteiger charge is -2.31. The number of hydrogen-bond acceptors (Lipinski definition) is 5. The van der Waals surface area contributed by atoms with Crippen molar-refractivity contribution >= 4 is 54.1 Å². The van der Waals surface area contributed by atoms with Crippen LogP contribution in [-0.2, 0) is 33.7 Å². The van der Waals surface area contributed by atoms with Crippen LogP contribution in [0.1, 0.15) is 48.9 Å². The molecule has 0 radical (unpaired) electrons. The summed E-state index contributed by atoms with van der Waals surface area (Å²) in [7, 11) is 1.37. The summed E-state index contributed by atoms with van der Waals surface area (Å²) in [5.41, 5.74) is 3.91. The Labute approximate surface area is 252 Å². The molecule has 1 saturated carbocycles. The average Bonchev–Trinajstić information content (AvgIpc) is 3.42. The Morgan fingerprint density at radius 2 is 1.80 bits per heavy atom. The van der Waals surface area contributed by atoms with Crippen LogP contribution >= 0.6 is 24.8 Å². The van der Waals surface area contributed by atoms with Crippen LogP contribution in [0.15, 0.2) is 61.1 Å². The number of aromatic amines is 1. The second-order valence-electron chi connectivity index (χ2n) is 10.4. The van der Waals surface area contributed by atoms with Gasteiger partial charge < -0.3 is 19.9 Å². The number of imidazole rings is 1. The third kappa shape index (κ3) is 7.80. The number of nitrogens with one attached hydrogen (secondary N) is 2. The Balaban J connectivity index is 0.00000231. The maximum Gasteiger partial charge on any atom is 0.410 e. The van der Waals surface area contributed by atoms with Crippen molar-refractivity contribution in [2.24, 2.45) is 5.92 Å². The van der Waals surface area contributed by atoms with Gasteiger partial charge >= 0.3 is 6.09 Å². The standard InChI is InChI=1S/C30H35N5O4.2ClH/c1-39-30(38)34-18-23-12-13-24(33-29(37)22-10-6-3-7-11-22)15-27(23)35(28(36)16-25-17-31-20-32-25)19-26(34)14-21-8-4-2-5-9-21;;/h2,4-5,8-9,12-13,15,17,20,22,26H,3,6-7,10-11,14,16,18-19H2,1H3,(H,31,32)(H,33,37);2*1H. The molecular formula is C30H37Cl2N5O4. The smallest absolute Gasteiger partial charge is 0.410 e. The van der Waals surface area contributed by atoms with Crippen molar-refractivity contribution in [2.45, 2.75) is 57.5 Å². The van der Waals surface area contributed by atoms with Crippen molar-refractivity contribution in [3.63, 3.8) is 0 Å². The molecule has 2 heterocycles. The van der Waals surface area contributed by atoms with Gasteiger partial charge in [0.2, 0.25) is 11.8 Å². The molecule has 0 spiro atoms. The van der Waals surface area contributed by atoms with Crippen LogP contribution in [0.25, 0.3) is 0 Å². The minimum Gasteiger partial charge on any atom is -0.453 e. The van der Waals surface area contributed by atoms with E-state index in [9.17, 15) is 14.4 Å². The highest BCUT2D eigenvalue weighted by atomic mass is 35.5. The predicted octanol–water partition coefficient (Wildman–Crippen LogP) is 5.54. The molecule has 11 heteroatoms. The highest BCUT2D eigenvalue weighted by Crippen LogP contribution is 2.33. The van der Waals surface area contributed by atoms with Gasteiger partial charge in [0, 0.05) is 30.0 Å². The molecule has 5 rings (SSSR count). The number of hydrogen-bond donors (Lipinski definition) is 2. The number of halogens is 2. The van der Waals surface area contributed by atoms with E-state index in [1.54, 1.807) is 22.3 Å². The van der Waals surface area contributed by atoms with E-state index in [1.807, 2.05) is 48.5 Å². The Hall–Kier alpha value is -3.56. The number of carbonyl (C=O) groups is 3. The van der Waals surface area contributed by atoms with Crippen molar-refractivity contribution in [1.29, 1.82) is 0 Å². The zero-order chi connectivity index (χ0) is 27.2. The van der Waals surface area contributed by atoms with E-state index in [1.165, 1.54) is 13.5 Å². The van der Waals surface area contributed by atoms with Gasteiger partial charge in [0.25, 0.3) is 0 Å². The number of rotatable bonds is 6. The first-order valence-corrected chi connectivity index (χ1v) is 13.6. The topological polar surface area (TPSA) is 108 Å². The van der Waals surface area contributed by atoms with Crippen molar-refractivity contribution in [1.82, 2.24) is 14.9 Å². The summed E-state index contributed by atoms with van der Waals surface area (Å²) >= 11 is 0. The summed E-state index contributed by atoms with van der Waals surface area (Å²) in [6.07, 6.45) is 8.57. The molecule has 41 heavy (non-hydrogen) atoms. The third-order valence-corrected chi connectivity index (χ3v) is 7.72. The lowest BCUT2D eigenvalue weighted by Crippen LogP contribution is -2.47. The number of aromatic nitrogens is 2. The molecule has 2 N–H and O–H groups in total. The highest BCUT2D eigenvalue weighted by molar-refractivity contribution is 5.98. The predicted molar refractivity (Wildman–Crippen MR) is 163 cm³/mol. The molecule has 3 aromatic rings. The molecule has 1 aliphatic carbocycles. The van der Waals surface area contributed by atoms with Gasteiger partial charge in [-0.05, 0) is 42.5 Å². The molecule has 0 saturated heterocycles. The van der Waals surface area contributed by atoms with Crippen molar-refractivity contribution < 1.29 is 19.1 Å². The number of carbonyl (C=O) groups excluding carboxylic acids is 3. The van der Waals surface area contributed by atoms with Gasteiger partial charge in [0.15, 0.2) is 0 Å². The Kier molecular flexibility index (Phi) is 11.6. The molecular weight excluding hydrogens is 565 g/mol. The van der Waals surface area contributed by atoms with E-state index in [0.717, 1.165) is 36.8 Å². The molecule has 1 fully saturated rings. The molecule has 1 unspecified atom stereocenters. The molecule has 1 aromatic heterocycles. The van der Waals surface area contributed by atoms with Crippen LogP contribution in [0.2, 0.25) is 0 Å². The second-order valence-corrected chi connectivity index (χ2v) is 10.4. The average molecular weight is 603 g/mol. The van der Waals surface area contributed by atoms with Gasteiger partial charge in [-0.15, -0.1) is 24.8 Å². The van der Waals surface area contributed by atoms with Gasteiger partial charge in [-0.25, -0.2) is 9.78 Å². The SMILES string of the molecule is COC(=O)N1Cc2ccc(NC(=O)C3CCCCC3)cc2N(C(=O)Cc2cnc[nH]2)CC1Cc1ccccc1.Cl.Cl. The summed E-state index contributed by atoms with van der Waals surface area (Å²) in [6, 6.07) is 15.2. The van der Waals surface area contributed by atoms with Crippen molar-refractivity contribution in [3.05, 3.63) is 77.9 Å². The monoisotopic (exact) mass is 601 g/mol. The van der Waals surface area contributed by atoms with Crippen LogP contribution in [0.5, 0.6) is 0 Å². The third-order valence-electron chi connectivity index (χ3n) is 7.72. The molecule has 2 aliphatic rings. The summed E-state index contributed by atoms with van der Waals surface area (Å²) < 4.78 is 5.17. The van der Waals surface area contributed by atoms with Crippen LogP contribution in [0, 0.1) is 5.92 Å². The van der Waals surface area contributed by atoms with Crippen molar-refractivity contribution in [2.75, 3.05) is 23.9 Å². The molecule has 2 aromatic carbocycles. The first kappa shape index (κ1) is 32.0. The van der Waals surface area contributed by atoms with Gasteiger partial charge in [0.05, 0.1) is 38.1 Å². The fourth-order valence-corrected chi connectivity index (χ4v) is 5.62. The van der Waals surface area contributed by atoms with Gasteiger partial charge in [-0.3, -0.25) is 14.5 Å². The lowest BCUT2D eigenvalue weighted by atomic mass is 9.88. The number of anilines is 2. The van der Waals surface area contributed by atoms with Crippen molar-refractivity contribution in [3.8, 4) is 0 Å². The number of methoxy groups -OCH3 is 1. The molecule has 1 aliphatic heterocycles. The highest BCUT2D eigenvalue weighted by Gasteiger charge is 2.34. The van der Waals surface area contributed by atoms with E-state index < -0.39 is 6.09 Å². The maximum atomic E-state index is 13.8. The Morgan fingerprint density at radius 1 is 1.05 bits per heavy atom. The fraction of sp³-hybridized carbons (Fsp3) is 0.400. The van der Waals surface area contributed by atoms with Gasteiger partial charge in [0.1, 0.15) is 0 Å². The Morgan fingerprint density at radius 3 is 2.49 bits per heavy atom. The molecule has 3 amide bonds. The van der Waals surface area contributed by atoms with Crippen LogP contribution in [0.3, 0.4) is 0 Å². The minimum atomic E-state index is -0.445. The second kappa shape index (κ2) is 14.9. The number of ether oxygens (including phenoxy) is 1. The fourth-order valence-electron chi connectivity index (χ4n) is 5.62. The van der Waals surface area contributed by atoms with E-state index in [4.69, 9.17) is 4.74 Å². The van der Waals surface area contributed by atoms with Gasteiger partial charge in [-0.1, -0.05) is 55.7 Å². The summed E-state index contributed by atoms with van der Waals surface area (Å²) in [6.45, 7) is 0.564. The maximum absolute atomic E-state index is 13.8. The minimum absolute atomic E-state index is 0. The Bertz CT molecular complexity index is 1300. The zero-order valence-electron chi connectivity index (χ0n) is 23.1. The molecule has 1 atom stereocenters. The van der Waals surface area contributed by atoms with E-state index in [0.29, 0.717) is 23.5 Å². The molecule has 9 nitrogen and oxygen atoms in total. The first-order valence-electron chi connectivity index (χ1n) is 13.6. The first-order chi connectivity index (χ1) is 19.0. The summed E-state index contributed by atoms with van der Waals surface area (Å²) in [4.78, 5) is 50.2. The van der Waals surface area contributed by atoms with Crippen LogP contribution in [-0.4, -0.2) is 52.5 Å². The quantitative estimate of drug-likeness (QED) is 0.385. The van der Waals surface area contributed by atoms with Crippen LogP contribution in [0.4, 0.5) is 16.2 Å². The number of H-pyrrole nitrogens is 1. The number of benzene rings is 2. The number of nitrogens with zero attached hydrogens (tertiary/aromatic N) is 3. The molecule has 220 valence electrons. The lowest BCUT2D eigenvalue weighted by molar-refractivity contribution is -0.120. The van der Waals surface area contributed by atoms with Crippen LogP contribution < -0.4 is 10.2 Å².